The molecule has 20 heavy (non-hydrogen) atoms. The van der Waals surface area contributed by atoms with Crippen LogP contribution in [0.15, 0.2) is 34.0 Å². The molecule has 1 aromatic carbocycles. The summed E-state index contributed by atoms with van der Waals surface area (Å²) >= 11 is 0. The molecule has 0 saturated carbocycles. The molecular weight excluding hydrogens is 287 g/mol. The van der Waals surface area contributed by atoms with Gasteiger partial charge in [0.05, 0.1) is 0 Å². The largest absolute Gasteiger partial charge is 0.343 e. The molecule has 0 saturated heterocycles. The fourth-order valence-corrected chi connectivity index (χ4v) is 2.66. The first-order chi connectivity index (χ1) is 9.53. The molecule has 1 aromatic heterocycles. The maximum absolute atomic E-state index is 13.7. The molecule has 0 bridgehead atoms. The lowest BCUT2D eigenvalue weighted by molar-refractivity contribution is 0.409. The molecular formula is C11H13FN4O3S. The Bertz CT molecular complexity index is 673. The number of nitrogens with two attached hydrogens (primary N) is 1. The molecule has 0 aliphatic rings. The first kappa shape index (κ1) is 14.6. The first-order valence-electron chi connectivity index (χ1n) is 5.76. The standard InChI is InChI=1S/C11H13FN4O3S/c12-9-5-8(6-13)1-2-10(9)20(17,18)15-4-3-11-14-7-19-16-11/h1-2,5,7,15H,3-4,6,13H2. The predicted molar refractivity (Wildman–Crippen MR) is 67.5 cm³/mol. The second-order valence-electron chi connectivity index (χ2n) is 3.96. The zero-order chi connectivity index (χ0) is 14.6. The molecule has 0 radical (unpaired) electrons. The topological polar surface area (TPSA) is 111 Å². The lowest BCUT2D eigenvalue weighted by atomic mass is 10.2. The summed E-state index contributed by atoms with van der Waals surface area (Å²) in [7, 11) is -3.92. The number of rotatable bonds is 6. The minimum Gasteiger partial charge on any atom is -0.343 e. The second-order valence-corrected chi connectivity index (χ2v) is 5.70. The number of halogens is 1. The van der Waals surface area contributed by atoms with Gasteiger partial charge < -0.3 is 10.3 Å². The number of hydrogen-bond donors (Lipinski definition) is 2. The fourth-order valence-electron chi connectivity index (χ4n) is 1.57. The van der Waals surface area contributed by atoms with Crippen LogP contribution < -0.4 is 10.5 Å². The normalized spacial score (nSPS) is 11.7. The van der Waals surface area contributed by atoms with Gasteiger partial charge in [-0.2, -0.15) is 4.98 Å². The van der Waals surface area contributed by atoms with Crippen LogP contribution >= 0.6 is 0 Å². The van der Waals surface area contributed by atoms with Gasteiger partial charge in [-0.05, 0) is 17.7 Å². The second kappa shape index (κ2) is 6.07. The summed E-state index contributed by atoms with van der Waals surface area (Å²) in [5.74, 6) is -0.466. The van der Waals surface area contributed by atoms with Crippen molar-refractivity contribution in [2.45, 2.75) is 17.9 Å². The van der Waals surface area contributed by atoms with Gasteiger partial charge in [-0.15, -0.1) is 0 Å². The van der Waals surface area contributed by atoms with Crippen LogP contribution in [0.25, 0.3) is 0 Å². The Labute approximate surface area is 115 Å². The Morgan fingerprint density at radius 3 is 2.80 bits per heavy atom. The molecule has 0 unspecified atom stereocenters. The molecule has 9 heteroatoms. The summed E-state index contributed by atoms with van der Waals surface area (Å²) in [5.41, 5.74) is 5.88. The molecule has 0 aliphatic heterocycles. The van der Waals surface area contributed by atoms with Crippen molar-refractivity contribution >= 4 is 10.0 Å². The van der Waals surface area contributed by atoms with Crippen LogP contribution in [0.1, 0.15) is 11.4 Å². The van der Waals surface area contributed by atoms with Crippen molar-refractivity contribution < 1.29 is 17.3 Å². The van der Waals surface area contributed by atoms with Gasteiger partial charge in [-0.1, -0.05) is 11.2 Å². The maximum Gasteiger partial charge on any atom is 0.243 e. The van der Waals surface area contributed by atoms with E-state index >= 15 is 0 Å². The van der Waals surface area contributed by atoms with E-state index in [1.807, 2.05) is 0 Å². The molecule has 7 nitrogen and oxygen atoms in total. The SMILES string of the molecule is NCc1ccc(S(=O)(=O)NCCc2ncon2)c(F)c1. The van der Waals surface area contributed by atoms with Gasteiger partial charge in [-0.3, -0.25) is 0 Å². The number of sulfonamides is 1. The Kier molecular flexibility index (Phi) is 4.42. The minimum atomic E-state index is -3.92. The van der Waals surface area contributed by atoms with Gasteiger partial charge in [0, 0.05) is 19.5 Å². The summed E-state index contributed by atoms with van der Waals surface area (Å²) in [6, 6.07) is 3.76. The quantitative estimate of drug-likeness (QED) is 0.787. The van der Waals surface area contributed by atoms with Crippen molar-refractivity contribution in [2.24, 2.45) is 5.73 Å². The van der Waals surface area contributed by atoms with E-state index in [1.54, 1.807) is 0 Å². The van der Waals surface area contributed by atoms with Crippen molar-refractivity contribution in [1.29, 1.82) is 0 Å². The molecule has 0 atom stereocenters. The smallest absolute Gasteiger partial charge is 0.243 e. The van der Waals surface area contributed by atoms with Gasteiger partial charge in [0.25, 0.3) is 0 Å². The lowest BCUT2D eigenvalue weighted by Gasteiger charge is -2.07. The van der Waals surface area contributed by atoms with E-state index in [-0.39, 0.29) is 19.5 Å². The third kappa shape index (κ3) is 3.38. The molecule has 2 aromatic rings. The minimum absolute atomic E-state index is 0.0416. The first-order valence-corrected chi connectivity index (χ1v) is 7.24. The molecule has 1 heterocycles. The van der Waals surface area contributed by atoms with Gasteiger partial charge in [0.15, 0.2) is 5.82 Å². The number of benzene rings is 1. The van der Waals surface area contributed by atoms with Crippen LogP contribution in [0.2, 0.25) is 0 Å². The average Bonchev–Trinajstić information content (AvgIpc) is 2.91. The number of nitrogens with one attached hydrogen (secondary N) is 1. The van der Waals surface area contributed by atoms with Crippen molar-refractivity contribution in [1.82, 2.24) is 14.9 Å². The van der Waals surface area contributed by atoms with Gasteiger partial charge in [0.2, 0.25) is 16.4 Å². The molecule has 0 fully saturated rings. The predicted octanol–water partition coefficient (Wildman–Crippen LogP) is 0.188. The van der Waals surface area contributed by atoms with E-state index in [9.17, 15) is 12.8 Å². The third-order valence-corrected chi connectivity index (χ3v) is 4.06. The highest BCUT2D eigenvalue weighted by Crippen LogP contribution is 2.15. The number of hydrogen-bond acceptors (Lipinski definition) is 6. The van der Waals surface area contributed by atoms with Gasteiger partial charge >= 0.3 is 0 Å². The lowest BCUT2D eigenvalue weighted by Crippen LogP contribution is -2.27. The van der Waals surface area contributed by atoms with Gasteiger partial charge in [-0.25, -0.2) is 17.5 Å². The highest BCUT2D eigenvalue weighted by Gasteiger charge is 2.18. The monoisotopic (exact) mass is 300 g/mol. The van der Waals surface area contributed by atoms with Crippen LogP contribution in [-0.4, -0.2) is 25.1 Å². The molecule has 0 amide bonds. The Hall–Kier alpha value is -1.84. The Morgan fingerprint density at radius 1 is 1.40 bits per heavy atom. The van der Waals surface area contributed by atoms with E-state index in [0.717, 1.165) is 12.5 Å². The molecule has 0 spiro atoms. The van der Waals surface area contributed by atoms with Crippen molar-refractivity contribution in [3.05, 3.63) is 41.8 Å². The number of nitrogens with zero attached hydrogens (tertiary/aromatic N) is 2. The summed E-state index contributed by atoms with van der Waals surface area (Å²) in [5, 5.41) is 3.54. The summed E-state index contributed by atoms with van der Waals surface area (Å²) in [6.45, 7) is 0.183. The average molecular weight is 300 g/mol. The van der Waals surface area contributed by atoms with Crippen LogP contribution in [0.4, 0.5) is 4.39 Å². The van der Waals surface area contributed by atoms with E-state index in [2.05, 4.69) is 19.4 Å². The fraction of sp³-hybridized carbons (Fsp3) is 0.273. The van der Waals surface area contributed by atoms with E-state index in [1.165, 1.54) is 12.1 Å². The van der Waals surface area contributed by atoms with Crippen molar-refractivity contribution in [3.63, 3.8) is 0 Å². The van der Waals surface area contributed by atoms with E-state index in [0.29, 0.717) is 11.4 Å². The summed E-state index contributed by atoms with van der Waals surface area (Å²) < 4.78 is 44.4. The van der Waals surface area contributed by atoms with Crippen LogP contribution in [-0.2, 0) is 23.0 Å². The van der Waals surface area contributed by atoms with Gasteiger partial charge in [0.1, 0.15) is 10.7 Å². The van der Waals surface area contributed by atoms with Crippen LogP contribution in [0.3, 0.4) is 0 Å². The van der Waals surface area contributed by atoms with Crippen molar-refractivity contribution in [3.8, 4) is 0 Å². The van der Waals surface area contributed by atoms with Crippen molar-refractivity contribution in [2.75, 3.05) is 6.54 Å². The summed E-state index contributed by atoms with van der Waals surface area (Å²) in [4.78, 5) is 3.33. The molecule has 2 rings (SSSR count). The summed E-state index contributed by atoms with van der Waals surface area (Å²) in [6.07, 6.45) is 1.40. The van der Waals surface area contributed by atoms with E-state index < -0.39 is 20.7 Å². The zero-order valence-electron chi connectivity index (χ0n) is 10.4. The van der Waals surface area contributed by atoms with E-state index in [4.69, 9.17) is 5.73 Å². The molecule has 108 valence electrons. The van der Waals surface area contributed by atoms with Crippen LogP contribution in [0.5, 0.6) is 0 Å². The zero-order valence-corrected chi connectivity index (χ0v) is 11.2. The highest BCUT2D eigenvalue weighted by molar-refractivity contribution is 7.89. The van der Waals surface area contributed by atoms with Crippen LogP contribution in [0, 0.1) is 5.82 Å². The molecule has 0 aliphatic carbocycles. The maximum atomic E-state index is 13.7. The number of aromatic nitrogens is 2. The highest BCUT2D eigenvalue weighted by atomic mass is 32.2. The third-order valence-electron chi connectivity index (χ3n) is 2.57. The Balaban J connectivity index is 2.06. The Morgan fingerprint density at radius 2 is 2.20 bits per heavy atom. The molecule has 3 N–H and O–H groups in total.